The standard InChI is InChI=1S/C20H13ClFN3O/c21-13-6-3-7-14(22)16(13)20-24-18-11-5-2-1-4-10(11)17-12(19(18)25-20)8-9-15(26)23-17/h1-9,15,23,26H,(H,24,25). The summed E-state index contributed by atoms with van der Waals surface area (Å²) in [5, 5.41) is 15.2. The highest BCUT2D eigenvalue weighted by molar-refractivity contribution is 6.33. The van der Waals surface area contributed by atoms with Crippen molar-refractivity contribution in [3.63, 3.8) is 0 Å². The average molecular weight is 366 g/mol. The third kappa shape index (κ3) is 2.14. The Balaban J connectivity index is 1.91. The lowest BCUT2D eigenvalue weighted by molar-refractivity contribution is 0.252. The monoisotopic (exact) mass is 365 g/mol. The van der Waals surface area contributed by atoms with E-state index in [2.05, 4.69) is 15.3 Å². The first kappa shape index (κ1) is 15.4. The number of aliphatic hydroxyl groups excluding tert-OH is 1. The first-order chi connectivity index (χ1) is 12.6. The molecule has 0 aliphatic carbocycles. The van der Waals surface area contributed by atoms with E-state index in [-0.39, 0.29) is 5.56 Å². The summed E-state index contributed by atoms with van der Waals surface area (Å²) < 4.78 is 14.4. The number of anilines is 1. The van der Waals surface area contributed by atoms with E-state index in [0.717, 1.165) is 27.5 Å². The zero-order valence-corrected chi connectivity index (χ0v) is 14.2. The fourth-order valence-electron chi connectivity index (χ4n) is 3.49. The highest BCUT2D eigenvalue weighted by Crippen LogP contribution is 2.40. The summed E-state index contributed by atoms with van der Waals surface area (Å²) in [7, 11) is 0. The van der Waals surface area contributed by atoms with Gasteiger partial charge in [0.1, 0.15) is 17.9 Å². The Morgan fingerprint density at radius 2 is 1.88 bits per heavy atom. The fourth-order valence-corrected chi connectivity index (χ4v) is 3.74. The maximum absolute atomic E-state index is 14.4. The molecule has 1 aliphatic rings. The van der Waals surface area contributed by atoms with Crippen LogP contribution in [-0.2, 0) is 0 Å². The summed E-state index contributed by atoms with van der Waals surface area (Å²) in [6.45, 7) is 0. The number of fused-ring (bicyclic) bond motifs is 6. The molecule has 0 saturated carbocycles. The number of benzene rings is 3. The molecule has 1 atom stereocenters. The highest BCUT2D eigenvalue weighted by Gasteiger charge is 2.22. The lowest BCUT2D eigenvalue weighted by atomic mass is 9.99. The van der Waals surface area contributed by atoms with Gasteiger partial charge in [-0.15, -0.1) is 0 Å². The Bertz CT molecular complexity index is 1190. The van der Waals surface area contributed by atoms with Crippen molar-refractivity contribution in [2.45, 2.75) is 6.23 Å². The maximum Gasteiger partial charge on any atom is 0.144 e. The first-order valence-corrected chi connectivity index (χ1v) is 8.53. The van der Waals surface area contributed by atoms with Gasteiger partial charge in [-0.3, -0.25) is 0 Å². The third-order valence-corrected chi connectivity index (χ3v) is 4.95. The Labute approximate surface area is 152 Å². The number of aromatic nitrogens is 2. The summed E-state index contributed by atoms with van der Waals surface area (Å²) in [6, 6.07) is 12.4. The van der Waals surface area contributed by atoms with Crippen LogP contribution in [0.4, 0.5) is 10.1 Å². The van der Waals surface area contributed by atoms with Crippen molar-refractivity contribution < 1.29 is 9.50 Å². The van der Waals surface area contributed by atoms with Crippen LogP contribution in [0.5, 0.6) is 0 Å². The normalized spacial score (nSPS) is 16.0. The largest absolute Gasteiger partial charge is 0.370 e. The van der Waals surface area contributed by atoms with Crippen molar-refractivity contribution >= 4 is 45.2 Å². The van der Waals surface area contributed by atoms with Gasteiger partial charge in [0.25, 0.3) is 0 Å². The van der Waals surface area contributed by atoms with Gasteiger partial charge in [-0.1, -0.05) is 48.0 Å². The van der Waals surface area contributed by atoms with Gasteiger partial charge in [0.2, 0.25) is 0 Å². The van der Waals surface area contributed by atoms with E-state index in [1.165, 1.54) is 6.07 Å². The summed E-state index contributed by atoms with van der Waals surface area (Å²) >= 11 is 6.21. The molecule has 0 fully saturated rings. The van der Waals surface area contributed by atoms with Gasteiger partial charge in [0.05, 0.1) is 27.3 Å². The number of rotatable bonds is 1. The van der Waals surface area contributed by atoms with Crippen LogP contribution in [0.15, 0.2) is 48.5 Å². The van der Waals surface area contributed by atoms with Crippen LogP contribution in [0.3, 0.4) is 0 Å². The number of hydrogen-bond donors (Lipinski definition) is 3. The summed E-state index contributed by atoms with van der Waals surface area (Å²) in [5.41, 5.74) is 3.40. The van der Waals surface area contributed by atoms with E-state index in [1.807, 2.05) is 30.3 Å². The molecule has 1 unspecified atom stereocenters. The Morgan fingerprint density at radius 3 is 2.69 bits per heavy atom. The van der Waals surface area contributed by atoms with Crippen molar-refractivity contribution in [1.29, 1.82) is 0 Å². The van der Waals surface area contributed by atoms with Crippen LogP contribution in [0.25, 0.3) is 39.3 Å². The molecule has 3 aromatic carbocycles. The van der Waals surface area contributed by atoms with E-state index < -0.39 is 12.0 Å². The predicted molar refractivity (Wildman–Crippen MR) is 103 cm³/mol. The fraction of sp³-hybridized carbons (Fsp3) is 0.0500. The van der Waals surface area contributed by atoms with Gasteiger partial charge in [0.15, 0.2) is 0 Å². The number of H-pyrrole nitrogens is 1. The molecule has 5 rings (SSSR count). The summed E-state index contributed by atoms with van der Waals surface area (Å²) in [4.78, 5) is 7.88. The smallest absolute Gasteiger partial charge is 0.144 e. The van der Waals surface area contributed by atoms with E-state index in [9.17, 15) is 9.50 Å². The molecule has 4 nitrogen and oxygen atoms in total. The van der Waals surface area contributed by atoms with Gasteiger partial charge >= 0.3 is 0 Å². The van der Waals surface area contributed by atoms with Crippen LogP contribution >= 0.6 is 11.6 Å². The zero-order chi connectivity index (χ0) is 17.8. The molecule has 3 N–H and O–H groups in total. The van der Waals surface area contributed by atoms with Crippen LogP contribution in [0.2, 0.25) is 5.02 Å². The molecule has 128 valence electrons. The first-order valence-electron chi connectivity index (χ1n) is 8.15. The number of hydrogen-bond acceptors (Lipinski definition) is 3. The molecule has 1 aromatic heterocycles. The molecule has 2 heterocycles. The Morgan fingerprint density at radius 1 is 1.08 bits per heavy atom. The molecule has 1 aliphatic heterocycles. The molecular weight excluding hydrogens is 353 g/mol. The topological polar surface area (TPSA) is 60.9 Å². The van der Waals surface area contributed by atoms with Crippen LogP contribution in [-0.4, -0.2) is 21.3 Å². The molecule has 0 amide bonds. The number of halogens is 2. The number of aromatic amines is 1. The summed E-state index contributed by atoms with van der Waals surface area (Å²) in [5.74, 6) is -0.0556. The van der Waals surface area contributed by atoms with Gasteiger partial charge in [0, 0.05) is 16.3 Å². The quantitative estimate of drug-likeness (QED) is 0.448. The molecule has 6 heteroatoms. The van der Waals surface area contributed by atoms with Crippen molar-refractivity contribution in [2.24, 2.45) is 0 Å². The van der Waals surface area contributed by atoms with E-state index in [0.29, 0.717) is 16.4 Å². The van der Waals surface area contributed by atoms with Gasteiger partial charge in [-0.05, 0) is 18.2 Å². The van der Waals surface area contributed by atoms with Gasteiger partial charge in [-0.2, -0.15) is 0 Å². The van der Waals surface area contributed by atoms with Crippen molar-refractivity contribution in [3.05, 3.63) is 64.9 Å². The molecule has 26 heavy (non-hydrogen) atoms. The zero-order valence-electron chi connectivity index (χ0n) is 13.4. The second-order valence-corrected chi connectivity index (χ2v) is 6.60. The van der Waals surface area contributed by atoms with E-state index in [1.54, 1.807) is 18.2 Å². The summed E-state index contributed by atoms with van der Waals surface area (Å²) in [6.07, 6.45) is 2.72. The minimum absolute atomic E-state index is 0.246. The van der Waals surface area contributed by atoms with Crippen LogP contribution in [0, 0.1) is 5.82 Å². The molecule has 4 aromatic rings. The number of nitrogens with zero attached hydrogens (tertiary/aromatic N) is 1. The second kappa shape index (κ2) is 5.56. The number of aliphatic hydroxyl groups is 1. The number of nitrogens with one attached hydrogen (secondary N) is 2. The maximum atomic E-state index is 14.4. The molecule has 0 radical (unpaired) electrons. The van der Waals surface area contributed by atoms with Gasteiger partial charge < -0.3 is 15.4 Å². The third-order valence-electron chi connectivity index (χ3n) is 4.63. The lowest BCUT2D eigenvalue weighted by Gasteiger charge is -2.20. The number of imidazole rings is 1. The van der Waals surface area contributed by atoms with E-state index >= 15 is 0 Å². The van der Waals surface area contributed by atoms with Gasteiger partial charge in [-0.25, -0.2) is 9.37 Å². The lowest BCUT2D eigenvalue weighted by Crippen LogP contribution is -2.19. The van der Waals surface area contributed by atoms with Crippen molar-refractivity contribution in [1.82, 2.24) is 9.97 Å². The molecule has 0 bridgehead atoms. The van der Waals surface area contributed by atoms with Crippen LogP contribution in [0.1, 0.15) is 5.56 Å². The Hall–Kier alpha value is -2.89. The molecule has 0 spiro atoms. The SMILES string of the molecule is OC1C=Cc2c(c3ccccc3c3[nH]c(-c4c(F)cccc4Cl)nc23)N1. The molecule has 0 saturated heterocycles. The molecular formula is C20H13ClFN3O. The minimum atomic E-state index is -0.761. The Kier molecular flexibility index (Phi) is 3.29. The van der Waals surface area contributed by atoms with E-state index in [4.69, 9.17) is 11.6 Å². The van der Waals surface area contributed by atoms with Crippen molar-refractivity contribution in [2.75, 3.05) is 5.32 Å². The van der Waals surface area contributed by atoms with Crippen LogP contribution < -0.4 is 5.32 Å². The average Bonchev–Trinajstić information content (AvgIpc) is 3.07. The second-order valence-electron chi connectivity index (χ2n) is 6.19. The highest BCUT2D eigenvalue weighted by atomic mass is 35.5. The minimum Gasteiger partial charge on any atom is -0.370 e. The predicted octanol–water partition coefficient (Wildman–Crippen LogP) is 4.93. The van der Waals surface area contributed by atoms with Crippen molar-refractivity contribution in [3.8, 4) is 11.4 Å².